The molecule has 1 aromatic heterocycles. The molecular formula is C10H8FN. The van der Waals surface area contributed by atoms with Gasteiger partial charge in [-0.25, -0.2) is 4.39 Å². The average Bonchev–Trinajstić information content (AvgIpc) is 2.57. The Morgan fingerprint density at radius 3 is 2.25 bits per heavy atom. The molecule has 1 aromatic carbocycles. The summed E-state index contributed by atoms with van der Waals surface area (Å²) in [5.74, 6) is -0.200. The molecule has 0 aliphatic heterocycles. The second-order valence-electron chi connectivity index (χ2n) is 2.54. The summed E-state index contributed by atoms with van der Waals surface area (Å²) in [6, 6.07) is 10.4. The molecule has 0 aliphatic rings. The monoisotopic (exact) mass is 161 g/mol. The van der Waals surface area contributed by atoms with Gasteiger partial charge >= 0.3 is 0 Å². The Bertz CT molecular complexity index is 365. The number of nitrogens with zero attached hydrogens (tertiary/aromatic N) is 1. The fourth-order valence-electron chi connectivity index (χ4n) is 1.16. The molecule has 2 heteroatoms. The topological polar surface area (TPSA) is 4.93 Å². The van der Waals surface area contributed by atoms with E-state index in [0.29, 0.717) is 5.69 Å². The van der Waals surface area contributed by atoms with E-state index in [-0.39, 0.29) is 5.82 Å². The summed E-state index contributed by atoms with van der Waals surface area (Å²) in [4.78, 5) is 0. The van der Waals surface area contributed by atoms with Crippen LogP contribution < -0.4 is 0 Å². The minimum atomic E-state index is -0.200. The lowest BCUT2D eigenvalue weighted by atomic mass is 10.3. The van der Waals surface area contributed by atoms with E-state index in [1.165, 1.54) is 6.07 Å². The van der Waals surface area contributed by atoms with E-state index in [0.717, 1.165) is 0 Å². The molecule has 2 aromatic rings. The van der Waals surface area contributed by atoms with Gasteiger partial charge < -0.3 is 4.57 Å². The maximum absolute atomic E-state index is 13.1. The van der Waals surface area contributed by atoms with Crippen LogP contribution in [0.25, 0.3) is 5.69 Å². The third-order valence-electron chi connectivity index (χ3n) is 1.74. The van der Waals surface area contributed by atoms with Crippen LogP contribution in [0.1, 0.15) is 0 Å². The molecule has 12 heavy (non-hydrogen) atoms. The maximum atomic E-state index is 13.1. The molecule has 0 bridgehead atoms. The summed E-state index contributed by atoms with van der Waals surface area (Å²) in [5.41, 5.74) is 0.586. The van der Waals surface area contributed by atoms with E-state index in [1.807, 2.05) is 30.6 Å². The Hall–Kier alpha value is -1.57. The summed E-state index contributed by atoms with van der Waals surface area (Å²) in [6.07, 6.45) is 3.64. The smallest absolute Gasteiger partial charge is 0.147 e. The molecule has 0 saturated carbocycles. The lowest BCUT2D eigenvalue weighted by Gasteiger charge is -2.02. The van der Waals surface area contributed by atoms with Gasteiger partial charge in [0.2, 0.25) is 0 Å². The summed E-state index contributed by atoms with van der Waals surface area (Å²) in [5, 5.41) is 0. The summed E-state index contributed by atoms with van der Waals surface area (Å²) in [7, 11) is 0. The van der Waals surface area contributed by atoms with Gasteiger partial charge in [-0.2, -0.15) is 0 Å². The van der Waals surface area contributed by atoms with E-state index >= 15 is 0 Å². The number of halogens is 1. The first kappa shape index (κ1) is 7.10. The number of hydrogen-bond acceptors (Lipinski definition) is 0. The first-order chi connectivity index (χ1) is 5.88. The molecule has 1 heterocycles. The van der Waals surface area contributed by atoms with Gasteiger partial charge in [-0.15, -0.1) is 0 Å². The van der Waals surface area contributed by atoms with Gasteiger partial charge in [-0.3, -0.25) is 0 Å². The molecule has 0 fully saturated rings. The molecule has 0 aliphatic carbocycles. The Labute approximate surface area is 70.1 Å². The zero-order valence-electron chi connectivity index (χ0n) is 6.44. The van der Waals surface area contributed by atoms with E-state index in [1.54, 1.807) is 16.7 Å². The molecule has 0 radical (unpaired) electrons. The third kappa shape index (κ3) is 1.11. The third-order valence-corrected chi connectivity index (χ3v) is 1.74. The molecule has 2 rings (SSSR count). The molecule has 0 unspecified atom stereocenters. The van der Waals surface area contributed by atoms with E-state index in [2.05, 4.69) is 0 Å². The molecule has 0 amide bonds. The van der Waals surface area contributed by atoms with Crippen LogP contribution >= 0.6 is 0 Å². The standard InChI is InChI=1S/C10H8FN/c11-9-5-1-2-6-10(9)12-7-3-4-8-12/h1-8H. The first-order valence-electron chi connectivity index (χ1n) is 3.76. The summed E-state index contributed by atoms with van der Waals surface area (Å²) >= 11 is 0. The van der Waals surface area contributed by atoms with Crippen LogP contribution in [0.5, 0.6) is 0 Å². The maximum Gasteiger partial charge on any atom is 0.147 e. The highest BCUT2D eigenvalue weighted by Gasteiger charge is 1.99. The quantitative estimate of drug-likeness (QED) is 0.605. The van der Waals surface area contributed by atoms with Gasteiger partial charge in [0.05, 0.1) is 5.69 Å². The van der Waals surface area contributed by atoms with E-state index < -0.39 is 0 Å². The summed E-state index contributed by atoms with van der Waals surface area (Å²) < 4.78 is 14.9. The van der Waals surface area contributed by atoms with Gasteiger partial charge in [-0.1, -0.05) is 12.1 Å². The van der Waals surface area contributed by atoms with E-state index in [9.17, 15) is 4.39 Å². The molecular weight excluding hydrogens is 153 g/mol. The predicted octanol–water partition coefficient (Wildman–Crippen LogP) is 2.62. The van der Waals surface area contributed by atoms with Crippen LogP contribution in [-0.4, -0.2) is 4.57 Å². The Balaban J connectivity index is 2.55. The van der Waals surface area contributed by atoms with Gasteiger partial charge in [0, 0.05) is 12.4 Å². The number of para-hydroxylation sites is 1. The van der Waals surface area contributed by atoms with E-state index in [4.69, 9.17) is 0 Å². The SMILES string of the molecule is Fc1ccccc1-n1cccc1. The van der Waals surface area contributed by atoms with Gasteiger partial charge in [-0.05, 0) is 24.3 Å². The molecule has 60 valence electrons. The van der Waals surface area contributed by atoms with Crippen LogP contribution in [0.2, 0.25) is 0 Å². The van der Waals surface area contributed by atoms with Crippen molar-refractivity contribution in [1.29, 1.82) is 0 Å². The van der Waals surface area contributed by atoms with Crippen molar-refractivity contribution in [3.63, 3.8) is 0 Å². The number of rotatable bonds is 1. The Morgan fingerprint density at radius 2 is 1.58 bits per heavy atom. The zero-order chi connectivity index (χ0) is 8.39. The van der Waals surface area contributed by atoms with Gasteiger partial charge in [0.25, 0.3) is 0 Å². The molecule has 1 nitrogen and oxygen atoms in total. The van der Waals surface area contributed by atoms with Crippen molar-refractivity contribution in [3.8, 4) is 5.69 Å². The molecule has 0 atom stereocenters. The van der Waals surface area contributed by atoms with Crippen molar-refractivity contribution in [3.05, 3.63) is 54.6 Å². The number of hydrogen-bond donors (Lipinski definition) is 0. The van der Waals surface area contributed by atoms with Crippen molar-refractivity contribution in [2.24, 2.45) is 0 Å². The number of aromatic nitrogens is 1. The average molecular weight is 161 g/mol. The second kappa shape index (κ2) is 2.81. The van der Waals surface area contributed by atoms with Crippen LogP contribution in [0.15, 0.2) is 48.8 Å². The van der Waals surface area contributed by atoms with Crippen molar-refractivity contribution < 1.29 is 4.39 Å². The van der Waals surface area contributed by atoms with Crippen molar-refractivity contribution in [2.45, 2.75) is 0 Å². The van der Waals surface area contributed by atoms with Crippen LogP contribution in [0.3, 0.4) is 0 Å². The minimum absolute atomic E-state index is 0.200. The fourth-order valence-corrected chi connectivity index (χ4v) is 1.16. The van der Waals surface area contributed by atoms with Crippen LogP contribution in [0.4, 0.5) is 4.39 Å². The highest BCUT2D eigenvalue weighted by Crippen LogP contribution is 2.11. The minimum Gasteiger partial charge on any atom is -0.321 e. The zero-order valence-corrected chi connectivity index (χ0v) is 6.44. The summed E-state index contributed by atoms with van der Waals surface area (Å²) in [6.45, 7) is 0. The normalized spacial score (nSPS) is 10.1. The van der Waals surface area contributed by atoms with Crippen molar-refractivity contribution >= 4 is 0 Å². The molecule has 0 saturated heterocycles. The van der Waals surface area contributed by atoms with Crippen molar-refractivity contribution in [2.75, 3.05) is 0 Å². The molecule has 0 spiro atoms. The molecule has 0 N–H and O–H groups in total. The predicted molar refractivity (Wildman–Crippen MR) is 45.7 cm³/mol. The highest BCUT2D eigenvalue weighted by atomic mass is 19.1. The van der Waals surface area contributed by atoms with Gasteiger partial charge in [0.15, 0.2) is 0 Å². The Morgan fingerprint density at radius 1 is 0.917 bits per heavy atom. The van der Waals surface area contributed by atoms with Crippen molar-refractivity contribution in [1.82, 2.24) is 4.57 Å². The number of benzene rings is 1. The fraction of sp³-hybridized carbons (Fsp3) is 0. The first-order valence-corrected chi connectivity index (χ1v) is 3.76. The van der Waals surface area contributed by atoms with Crippen LogP contribution in [-0.2, 0) is 0 Å². The van der Waals surface area contributed by atoms with Gasteiger partial charge in [0.1, 0.15) is 5.82 Å². The Kier molecular flexibility index (Phi) is 1.67. The second-order valence-corrected chi connectivity index (χ2v) is 2.54. The lowest BCUT2D eigenvalue weighted by molar-refractivity contribution is 0.618. The lowest BCUT2D eigenvalue weighted by Crippen LogP contribution is -1.92. The van der Waals surface area contributed by atoms with Crippen LogP contribution in [0, 0.1) is 5.82 Å². The largest absolute Gasteiger partial charge is 0.321 e. The highest BCUT2D eigenvalue weighted by molar-refractivity contribution is 5.33.